The maximum Gasteiger partial charge on any atom is 0.194 e. The molecule has 0 saturated heterocycles. The molecule has 0 N–H and O–H groups in total. The Labute approximate surface area is 117 Å². The second-order valence-corrected chi connectivity index (χ2v) is 5.93. The van der Waals surface area contributed by atoms with E-state index in [0.717, 1.165) is 10.7 Å². The van der Waals surface area contributed by atoms with Crippen molar-refractivity contribution in [2.45, 2.75) is 32.6 Å². The van der Waals surface area contributed by atoms with Crippen LogP contribution in [-0.4, -0.2) is 9.38 Å². The van der Waals surface area contributed by atoms with E-state index in [-0.39, 0.29) is 0 Å². The number of hydrogen-bond acceptors (Lipinski definition) is 2. The molecule has 0 atom stereocenters. The first-order valence-corrected chi connectivity index (χ1v) is 7.71. The third-order valence-electron chi connectivity index (χ3n) is 3.30. The predicted octanol–water partition coefficient (Wildman–Crippen LogP) is 4.80. The van der Waals surface area contributed by atoms with Crippen LogP contribution in [0.15, 0.2) is 42.7 Å². The molecular weight excluding hydrogens is 252 g/mol. The summed E-state index contributed by atoms with van der Waals surface area (Å²) in [6, 6.07) is 10.4. The molecule has 2 heterocycles. The molecule has 0 unspecified atom stereocenters. The Bertz CT molecular complexity index is 620. The molecule has 0 amide bonds. The van der Waals surface area contributed by atoms with Gasteiger partial charge < -0.3 is 0 Å². The number of nitrogens with zero attached hydrogens (tertiary/aromatic N) is 2. The van der Waals surface area contributed by atoms with Crippen molar-refractivity contribution in [2.75, 3.05) is 0 Å². The molecule has 3 aromatic rings. The van der Waals surface area contributed by atoms with Gasteiger partial charge in [0.15, 0.2) is 4.96 Å². The van der Waals surface area contributed by atoms with Crippen LogP contribution in [0.25, 0.3) is 16.2 Å². The number of fused-ring (bicyclic) bond motifs is 1. The minimum atomic E-state index is 1.06. The summed E-state index contributed by atoms with van der Waals surface area (Å²) in [4.78, 5) is 7.26. The molecule has 0 aliphatic rings. The van der Waals surface area contributed by atoms with E-state index >= 15 is 0 Å². The highest BCUT2D eigenvalue weighted by atomic mass is 32.1. The van der Waals surface area contributed by atoms with Crippen LogP contribution in [0.5, 0.6) is 0 Å². The average Bonchev–Trinajstić information content (AvgIpc) is 2.98. The molecular formula is C16H18N2S. The molecule has 0 spiro atoms. The summed E-state index contributed by atoms with van der Waals surface area (Å²) >= 11 is 1.82. The number of aryl methyl sites for hydroxylation is 1. The number of thiazole rings is 1. The minimum Gasteiger partial charge on any atom is -0.297 e. The molecule has 0 aliphatic carbocycles. The Morgan fingerprint density at radius 1 is 1.11 bits per heavy atom. The molecule has 0 radical (unpaired) electrons. The molecule has 19 heavy (non-hydrogen) atoms. The number of hydrogen-bond donors (Lipinski definition) is 0. The third-order valence-corrected chi connectivity index (χ3v) is 4.36. The molecule has 98 valence electrons. The van der Waals surface area contributed by atoms with Crippen LogP contribution < -0.4 is 0 Å². The lowest BCUT2D eigenvalue weighted by molar-refractivity contribution is 0.721. The van der Waals surface area contributed by atoms with E-state index in [1.165, 1.54) is 36.1 Å². The second-order valence-electron chi connectivity index (χ2n) is 4.84. The summed E-state index contributed by atoms with van der Waals surface area (Å²) in [7, 11) is 0. The molecule has 2 aromatic heterocycles. The minimum absolute atomic E-state index is 1.06. The van der Waals surface area contributed by atoms with Crippen molar-refractivity contribution in [1.29, 1.82) is 0 Å². The van der Waals surface area contributed by atoms with Gasteiger partial charge in [-0.15, -0.1) is 11.3 Å². The maximum atomic E-state index is 4.71. The van der Waals surface area contributed by atoms with Gasteiger partial charge >= 0.3 is 0 Å². The molecule has 3 rings (SSSR count). The summed E-state index contributed by atoms with van der Waals surface area (Å²) in [6.45, 7) is 2.24. The lowest BCUT2D eigenvalue weighted by atomic mass is 10.2. The summed E-state index contributed by atoms with van der Waals surface area (Å²) in [6.07, 6.45) is 9.42. The molecule has 0 aliphatic heterocycles. The smallest absolute Gasteiger partial charge is 0.194 e. The first-order valence-electron chi connectivity index (χ1n) is 6.89. The topological polar surface area (TPSA) is 17.3 Å². The number of unbranched alkanes of at least 4 members (excludes halogenated alkanes) is 2. The van der Waals surface area contributed by atoms with E-state index in [1.54, 1.807) is 0 Å². The third kappa shape index (κ3) is 2.71. The van der Waals surface area contributed by atoms with E-state index in [2.05, 4.69) is 48.0 Å². The Balaban J connectivity index is 1.82. The van der Waals surface area contributed by atoms with Gasteiger partial charge in [0.1, 0.15) is 0 Å². The van der Waals surface area contributed by atoms with Gasteiger partial charge in [-0.2, -0.15) is 0 Å². The normalized spacial score (nSPS) is 11.2. The Morgan fingerprint density at radius 2 is 1.95 bits per heavy atom. The van der Waals surface area contributed by atoms with E-state index in [0.29, 0.717) is 0 Å². The fourth-order valence-electron chi connectivity index (χ4n) is 2.26. The second kappa shape index (κ2) is 5.57. The fourth-order valence-corrected chi connectivity index (χ4v) is 3.26. The molecule has 3 heteroatoms. The SMILES string of the molecule is CCCCCc1cn2cc(-c3ccccc3)nc2s1. The largest absolute Gasteiger partial charge is 0.297 e. The van der Waals surface area contributed by atoms with Gasteiger partial charge in [-0.1, -0.05) is 50.1 Å². The lowest BCUT2D eigenvalue weighted by Gasteiger charge is -1.95. The summed E-state index contributed by atoms with van der Waals surface area (Å²) < 4.78 is 2.16. The summed E-state index contributed by atoms with van der Waals surface area (Å²) in [5.41, 5.74) is 2.25. The Morgan fingerprint density at radius 3 is 2.68 bits per heavy atom. The molecule has 0 saturated carbocycles. The van der Waals surface area contributed by atoms with Gasteiger partial charge in [0.2, 0.25) is 0 Å². The first kappa shape index (κ1) is 12.4. The highest BCUT2D eigenvalue weighted by molar-refractivity contribution is 7.17. The van der Waals surface area contributed by atoms with Crippen LogP contribution in [0.4, 0.5) is 0 Å². The summed E-state index contributed by atoms with van der Waals surface area (Å²) in [5.74, 6) is 0. The lowest BCUT2D eigenvalue weighted by Crippen LogP contribution is -1.81. The fraction of sp³-hybridized carbons (Fsp3) is 0.312. The van der Waals surface area contributed by atoms with E-state index in [9.17, 15) is 0 Å². The average molecular weight is 270 g/mol. The van der Waals surface area contributed by atoms with Gasteiger partial charge in [0.05, 0.1) is 5.69 Å². The number of imidazole rings is 1. The van der Waals surface area contributed by atoms with Crippen molar-refractivity contribution in [1.82, 2.24) is 9.38 Å². The quantitative estimate of drug-likeness (QED) is 0.609. The highest BCUT2D eigenvalue weighted by Gasteiger charge is 2.07. The van der Waals surface area contributed by atoms with Crippen LogP contribution in [-0.2, 0) is 6.42 Å². The highest BCUT2D eigenvalue weighted by Crippen LogP contribution is 2.24. The number of rotatable bonds is 5. The zero-order chi connectivity index (χ0) is 13.1. The van der Waals surface area contributed by atoms with Crippen LogP contribution in [0.1, 0.15) is 31.1 Å². The van der Waals surface area contributed by atoms with Crippen molar-refractivity contribution < 1.29 is 0 Å². The zero-order valence-corrected chi connectivity index (χ0v) is 12.0. The van der Waals surface area contributed by atoms with E-state index < -0.39 is 0 Å². The molecule has 0 fully saturated rings. The van der Waals surface area contributed by atoms with Gasteiger partial charge in [-0.3, -0.25) is 4.40 Å². The van der Waals surface area contributed by atoms with Gasteiger partial charge in [-0.05, 0) is 12.8 Å². The van der Waals surface area contributed by atoms with Crippen molar-refractivity contribution in [3.63, 3.8) is 0 Å². The van der Waals surface area contributed by atoms with Crippen molar-refractivity contribution in [2.24, 2.45) is 0 Å². The van der Waals surface area contributed by atoms with Gasteiger partial charge in [0, 0.05) is 22.8 Å². The molecule has 1 aromatic carbocycles. The van der Waals surface area contributed by atoms with Gasteiger partial charge in [0.25, 0.3) is 0 Å². The predicted molar refractivity (Wildman–Crippen MR) is 81.7 cm³/mol. The van der Waals surface area contributed by atoms with Crippen LogP contribution >= 0.6 is 11.3 Å². The van der Waals surface area contributed by atoms with Crippen LogP contribution in [0.2, 0.25) is 0 Å². The Kier molecular flexibility index (Phi) is 3.65. The monoisotopic (exact) mass is 270 g/mol. The first-order chi connectivity index (χ1) is 9.36. The Hall–Kier alpha value is -1.61. The summed E-state index contributed by atoms with van der Waals surface area (Å²) in [5, 5.41) is 0. The number of benzene rings is 1. The van der Waals surface area contributed by atoms with E-state index in [1.807, 2.05) is 17.4 Å². The number of aromatic nitrogens is 2. The van der Waals surface area contributed by atoms with Crippen LogP contribution in [0, 0.1) is 0 Å². The van der Waals surface area contributed by atoms with Crippen molar-refractivity contribution in [3.8, 4) is 11.3 Å². The van der Waals surface area contributed by atoms with Crippen molar-refractivity contribution >= 4 is 16.3 Å². The maximum absolute atomic E-state index is 4.71. The standard InChI is InChI=1S/C16H18N2S/c1-2-3-5-10-14-11-18-12-15(17-16(18)19-14)13-8-6-4-7-9-13/h4,6-9,11-12H,2-3,5,10H2,1H3. The van der Waals surface area contributed by atoms with Crippen molar-refractivity contribution in [3.05, 3.63) is 47.6 Å². The van der Waals surface area contributed by atoms with Gasteiger partial charge in [-0.25, -0.2) is 4.98 Å². The van der Waals surface area contributed by atoms with E-state index in [4.69, 9.17) is 4.98 Å². The molecule has 2 nitrogen and oxygen atoms in total. The van der Waals surface area contributed by atoms with Crippen LogP contribution in [0.3, 0.4) is 0 Å². The molecule has 0 bridgehead atoms. The zero-order valence-electron chi connectivity index (χ0n) is 11.2.